The molecule has 1 aromatic heterocycles. The largest absolute Gasteiger partial charge is 0.378 e. The first kappa shape index (κ1) is 15.5. The van der Waals surface area contributed by atoms with Crippen LogP contribution < -0.4 is 10.2 Å². The molecule has 108 valence electrons. The topological polar surface area (TPSA) is 15.3 Å². The molecule has 0 aliphatic carbocycles. The van der Waals surface area contributed by atoms with E-state index in [1.807, 2.05) is 20.2 Å². The molecule has 2 nitrogen and oxygen atoms in total. The molecule has 0 spiro atoms. The summed E-state index contributed by atoms with van der Waals surface area (Å²) in [4.78, 5) is 2.09. The molecule has 5 heteroatoms. The molecule has 2 aromatic rings. The molecule has 0 aliphatic heterocycles. The highest BCUT2D eigenvalue weighted by Gasteiger charge is 2.14. The lowest BCUT2D eigenvalue weighted by atomic mass is 10.1. The zero-order valence-corrected chi connectivity index (χ0v) is 14.3. The lowest BCUT2D eigenvalue weighted by molar-refractivity contribution is 0.888. The quantitative estimate of drug-likeness (QED) is 0.785. The summed E-state index contributed by atoms with van der Waals surface area (Å²) in [5, 5.41) is 3.49. The monoisotopic (exact) mass is 328 g/mol. The fourth-order valence-electron chi connectivity index (χ4n) is 2.05. The molecule has 1 heterocycles. The molecule has 1 N–H and O–H groups in total. The van der Waals surface area contributed by atoms with Crippen molar-refractivity contribution in [3.8, 4) is 0 Å². The van der Waals surface area contributed by atoms with Gasteiger partial charge in [-0.3, -0.25) is 0 Å². The molecule has 0 aliphatic rings. The highest BCUT2D eigenvalue weighted by Crippen LogP contribution is 2.36. The minimum atomic E-state index is 0.121. The van der Waals surface area contributed by atoms with E-state index in [9.17, 15) is 0 Å². The predicted octanol–water partition coefficient (Wildman–Crippen LogP) is 5.60. The van der Waals surface area contributed by atoms with Crippen LogP contribution in [-0.2, 0) is 0 Å². The number of rotatable bonds is 4. The first-order chi connectivity index (χ1) is 9.38. The Morgan fingerprint density at radius 2 is 1.90 bits per heavy atom. The van der Waals surface area contributed by atoms with Crippen LogP contribution in [0.25, 0.3) is 0 Å². The van der Waals surface area contributed by atoms with Crippen molar-refractivity contribution in [2.24, 2.45) is 0 Å². The Bertz CT molecular complexity index is 608. The Morgan fingerprint density at radius 1 is 1.20 bits per heavy atom. The summed E-state index contributed by atoms with van der Waals surface area (Å²) in [6.45, 7) is 4.19. The maximum atomic E-state index is 6.20. The van der Waals surface area contributed by atoms with Gasteiger partial charge in [-0.25, -0.2) is 0 Å². The highest BCUT2D eigenvalue weighted by atomic mass is 35.5. The van der Waals surface area contributed by atoms with E-state index < -0.39 is 0 Å². The maximum Gasteiger partial charge on any atom is 0.0996 e. The number of nitrogens with one attached hydrogen (secondary N) is 1. The molecule has 0 amide bonds. The van der Waals surface area contributed by atoms with Gasteiger partial charge in [0.15, 0.2) is 0 Å². The first-order valence-electron chi connectivity index (χ1n) is 6.37. The van der Waals surface area contributed by atoms with Crippen molar-refractivity contribution in [2.45, 2.75) is 19.9 Å². The molecule has 0 bridgehead atoms. The smallest absolute Gasteiger partial charge is 0.0996 e. The van der Waals surface area contributed by atoms with Gasteiger partial charge >= 0.3 is 0 Å². The van der Waals surface area contributed by atoms with Gasteiger partial charge in [0.2, 0.25) is 0 Å². The van der Waals surface area contributed by atoms with Gasteiger partial charge in [0.1, 0.15) is 0 Å². The van der Waals surface area contributed by atoms with E-state index >= 15 is 0 Å². The summed E-state index contributed by atoms with van der Waals surface area (Å²) in [6, 6.07) is 8.41. The van der Waals surface area contributed by atoms with Crippen molar-refractivity contribution in [1.82, 2.24) is 0 Å². The van der Waals surface area contributed by atoms with Crippen LogP contribution in [0.2, 0.25) is 8.67 Å². The number of halogens is 2. The van der Waals surface area contributed by atoms with Crippen LogP contribution >= 0.6 is 34.5 Å². The Labute approximate surface area is 134 Å². The number of anilines is 2. The van der Waals surface area contributed by atoms with Gasteiger partial charge in [0, 0.05) is 31.0 Å². The second-order valence-corrected chi connectivity index (χ2v) is 7.32. The zero-order chi connectivity index (χ0) is 14.9. The summed E-state index contributed by atoms with van der Waals surface area (Å²) >= 11 is 13.6. The van der Waals surface area contributed by atoms with Crippen LogP contribution in [0.3, 0.4) is 0 Å². The van der Waals surface area contributed by atoms with Crippen LogP contribution in [0.4, 0.5) is 11.4 Å². The third kappa shape index (κ3) is 3.40. The van der Waals surface area contributed by atoms with Crippen molar-refractivity contribution in [1.29, 1.82) is 0 Å². The van der Waals surface area contributed by atoms with Crippen LogP contribution in [0.15, 0.2) is 24.3 Å². The van der Waals surface area contributed by atoms with E-state index in [-0.39, 0.29) is 6.04 Å². The average Bonchev–Trinajstić information content (AvgIpc) is 2.70. The molecule has 0 saturated carbocycles. The van der Waals surface area contributed by atoms with Gasteiger partial charge in [-0.2, -0.15) is 0 Å². The van der Waals surface area contributed by atoms with Gasteiger partial charge in [-0.15, -0.1) is 11.3 Å². The minimum Gasteiger partial charge on any atom is -0.378 e. The number of aryl methyl sites for hydroxylation is 1. The molecule has 0 radical (unpaired) electrons. The first-order valence-corrected chi connectivity index (χ1v) is 7.95. The van der Waals surface area contributed by atoms with E-state index in [0.717, 1.165) is 19.9 Å². The summed E-state index contributed by atoms with van der Waals surface area (Å²) in [5.74, 6) is 0. The SMILES string of the molecule is Cc1cc(N(C)C)ccc1NC(C)c1cc(Cl)sc1Cl. The van der Waals surface area contributed by atoms with E-state index in [4.69, 9.17) is 23.2 Å². The zero-order valence-electron chi connectivity index (χ0n) is 12.0. The fourth-order valence-corrected chi connectivity index (χ4v) is 3.69. The molecule has 20 heavy (non-hydrogen) atoms. The summed E-state index contributed by atoms with van der Waals surface area (Å²) < 4.78 is 1.47. The molecule has 1 unspecified atom stereocenters. The molecule has 0 saturated heterocycles. The van der Waals surface area contributed by atoms with Crippen molar-refractivity contribution >= 4 is 45.9 Å². The van der Waals surface area contributed by atoms with E-state index in [1.165, 1.54) is 22.6 Å². The summed E-state index contributed by atoms with van der Waals surface area (Å²) in [7, 11) is 4.08. The molecule has 2 rings (SSSR count). The highest BCUT2D eigenvalue weighted by molar-refractivity contribution is 7.20. The summed E-state index contributed by atoms with van der Waals surface area (Å²) in [5.41, 5.74) is 4.55. The van der Waals surface area contributed by atoms with Gasteiger partial charge in [-0.05, 0) is 43.7 Å². The minimum absolute atomic E-state index is 0.121. The van der Waals surface area contributed by atoms with E-state index in [0.29, 0.717) is 0 Å². The molecular formula is C15H18Cl2N2S. The number of nitrogens with zero attached hydrogens (tertiary/aromatic N) is 1. The lowest BCUT2D eigenvalue weighted by Gasteiger charge is -2.19. The van der Waals surface area contributed by atoms with Gasteiger partial charge in [0.25, 0.3) is 0 Å². The second kappa shape index (κ2) is 6.25. The average molecular weight is 329 g/mol. The maximum absolute atomic E-state index is 6.20. The van der Waals surface area contributed by atoms with Crippen LogP contribution in [0, 0.1) is 6.92 Å². The Hall–Kier alpha value is -0.900. The Morgan fingerprint density at radius 3 is 2.40 bits per heavy atom. The van der Waals surface area contributed by atoms with Crippen LogP contribution in [-0.4, -0.2) is 14.1 Å². The number of benzene rings is 1. The standard InChI is InChI=1S/C15H18Cl2N2S/c1-9-7-11(19(3)4)5-6-13(9)18-10(2)12-8-14(16)20-15(12)17/h5-8,10,18H,1-4H3. The van der Waals surface area contributed by atoms with Crippen LogP contribution in [0.1, 0.15) is 24.1 Å². The number of hydrogen-bond acceptors (Lipinski definition) is 3. The number of thiophene rings is 1. The summed E-state index contributed by atoms with van der Waals surface area (Å²) in [6.07, 6.45) is 0. The van der Waals surface area contributed by atoms with E-state index in [2.05, 4.69) is 42.3 Å². The molecule has 1 atom stereocenters. The van der Waals surface area contributed by atoms with Gasteiger partial charge in [-0.1, -0.05) is 23.2 Å². The molecule has 1 aromatic carbocycles. The Kier molecular flexibility index (Phi) is 4.84. The van der Waals surface area contributed by atoms with Gasteiger partial charge in [0.05, 0.1) is 14.7 Å². The normalized spacial score (nSPS) is 12.3. The third-order valence-corrected chi connectivity index (χ3v) is 4.77. The molecule has 0 fully saturated rings. The molecular weight excluding hydrogens is 311 g/mol. The van der Waals surface area contributed by atoms with E-state index in [1.54, 1.807) is 0 Å². The van der Waals surface area contributed by atoms with Crippen molar-refractivity contribution < 1.29 is 0 Å². The second-order valence-electron chi connectivity index (χ2n) is 5.04. The lowest BCUT2D eigenvalue weighted by Crippen LogP contribution is -2.10. The fraction of sp³-hybridized carbons (Fsp3) is 0.333. The predicted molar refractivity (Wildman–Crippen MR) is 91.9 cm³/mol. The Balaban J connectivity index is 2.19. The van der Waals surface area contributed by atoms with Crippen molar-refractivity contribution in [3.05, 3.63) is 44.1 Å². The third-order valence-electron chi connectivity index (χ3n) is 3.25. The van der Waals surface area contributed by atoms with Gasteiger partial charge < -0.3 is 10.2 Å². The number of hydrogen-bond donors (Lipinski definition) is 1. The van der Waals surface area contributed by atoms with Crippen molar-refractivity contribution in [2.75, 3.05) is 24.3 Å². The van der Waals surface area contributed by atoms with Crippen molar-refractivity contribution in [3.63, 3.8) is 0 Å². The van der Waals surface area contributed by atoms with Crippen LogP contribution in [0.5, 0.6) is 0 Å².